The number of hydrogen-bond donors (Lipinski definition) is 1. The van der Waals surface area contributed by atoms with Gasteiger partial charge in [-0.15, -0.1) is 0 Å². The summed E-state index contributed by atoms with van der Waals surface area (Å²) in [6.45, 7) is 5.12. The van der Waals surface area contributed by atoms with Crippen LogP contribution in [0, 0.1) is 0 Å². The molecule has 3 rings (SSSR count). The molecule has 0 aliphatic heterocycles. The standard InChI is InChI=1S/C19H20N2O3S.BrH/c1-3-23-15-9-6-5-8-13(15)14(22)12-20-19-21-18-16(24-4-2)10-7-11-17(18)25-19;/h5-11H,3-4,12H2,1-2H3,(H,20,21);1H/p-1. The Morgan fingerprint density at radius 1 is 1.04 bits per heavy atom. The fourth-order valence-electron chi connectivity index (χ4n) is 2.50. The van der Waals surface area contributed by atoms with Gasteiger partial charge in [-0.25, -0.2) is 4.98 Å². The van der Waals surface area contributed by atoms with Gasteiger partial charge in [0.25, 0.3) is 0 Å². The Labute approximate surface area is 167 Å². The molecule has 0 aliphatic carbocycles. The lowest BCUT2D eigenvalue weighted by Gasteiger charge is -2.09. The lowest BCUT2D eigenvalue weighted by atomic mass is 10.1. The SMILES string of the molecule is CCOc1ccccc1C(=O)CNc1nc2c(OCC)cccc2s1.[Br-]. The molecule has 1 aromatic heterocycles. The molecule has 0 radical (unpaired) electrons. The number of carbonyl (C=O) groups is 1. The molecule has 0 atom stereocenters. The second-order valence-corrected chi connectivity index (χ2v) is 6.29. The van der Waals surface area contributed by atoms with Crippen LogP contribution in [-0.4, -0.2) is 30.5 Å². The Balaban J connectivity index is 0.00000243. The molecule has 1 N–H and O–H groups in total. The van der Waals surface area contributed by atoms with Gasteiger partial charge >= 0.3 is 0 Å². The third-order valence-corrected chi connectivity index (χ3v) is 4.55. The minimum absolute atomic E-state index is 0. The van der Waals surface area contributed by atoms with Gasteiger partial charge in [0, 0.05) is 0 Å². The predicted octanol–water partition coefficient (Wildman–Crippen LogP) is 1.39. The van der Waals surface area contributed by atoms with E-state index in [1.54, 1.807) is 6.07 Å². The average Bonchev–Trinajstić information content (AvgIpc) is 3.05. The Hall–Kier alpha value is -2.12. The van der Waals surface area contributed by atoms with Crippen molar-refractivity contribution in [2.45, 2.75) is 13.8 Å². The monoisotopic (exact) mass is 435 g/mol. The number of anilines is 1. The fraction of sp³-hybridized carbons (Fsp3) is 0.263. The maximum absolute atomic E-state index is 12.5. The molecule has 0 saturated carbocycles. The van der Waals surface area contributed by atoms with Crippen LogP contribution in [0.3, 0.4) is 0 Å². The van der Waals surface area contributed by atoms with Crippen LogP contribution in [0.25, 0.3) is 10.2 Å². The molecule has 0 spiro atoms. The highest BCUT2D eigenvalue weighted by molar-refractivity contribution is 7.22. The fourth-order valence-corrected chi connectivity index (χ4v) is 3.38. The number of nitrogens with zero attached hydrogens (tertiary/aromatic N) is 1. The van der Waals surface area contributed by atoms with Crippen LogP contribution >= 0.6 is 11.3 Å². The number of hydrogen-bond acceptors (Lipinski definition) is 6. The first kappa shape index (κ1) is 20.2. The van der Waals surface area contributed by atoms with E-state index < -0.39 is 0 Å². The Kier molecular flexibility index (Phi) is 7.41. The molecule has 0 fully saturated rings. The van der Waals surface area contributed by atoms with E-state index in [0.717, 1.165) is 16.0 Å². The van der Waals surface area contributed by atoms with Crippen molar-refractivity contribution >= 4 is 32.5 Å². The van der Waals surface area contributed by atoms with Gasteiger partial charge in [0.15, 0.2) is 10.9 Å². The minimum atomic E-state index is -0.0339. The van der Waals surface area contributed by atoms with E-state index in [-0.39, 0.29) is 29.3 Å². The smallest absolute Gasteiger partial charge is 0.185 e. The highest BCUT2D eigenvalue weighted by atomic mass is 79.9. The molecule has 0 saturated heterocycles. The number of benzene rings is 2. The van der Waals surface area contributed by atoms with Crippen LogP contribution in [0.1, 0.15) is 24.2 Å². The van der Waals surface area contributed by atoms with Gasteiger partial charge in [-0.05, 0) is 38.1 Å². The van der Waals surface area contributed by atoms with Gasteiger partial charge in [0.1, 0.15) is 17.0 Å². The van der Waals surface area contributed by atoms with Gasteiger partial charge in [-0.1, -0.05) is 29.5 Å². The number of carbonyl (C=O) groups excluding carboxylic acids is 1. The molecule has 0 bridgehead atoms. The maximum Gasteiger partial charge on any atom is 0.185 e. The van der Waals surface area contributed by atoms with E-state index in [4.69, 9.17) is 9.47 Å². The number of halogens is 1. The molecule has 3 aromatic rings. The number of nitrogens with one attached hydrogen (secondary N) is 1. The molecule has 0 aliphatic rings. The number of ketones is 1. The number of Topliss-reactive ketones (excluding diaryl/α,β-unsaturated/α-hetero) is 1. The summed E-state index contributed by atoms with van der Waals surface area (Å²) >= 11 is 1.50. The summed E-state index contributed by atoms with van der Waals surface area (Å²) in [6, 6.07) is 13.1. The molecule has 0 amide bonds. The number of thiazole rings is 1. The summed E-state index contributed by atoms with van der Waals surface area (Å²) in [6.07, 6.45) is 0. The number of para-hydroxylation sites is 2. The average molecular weight is 436 g/mol. The number of fused-ring (bicyclic) bond motifs is 1. The molecule has 26 heavy (non-hydrogen) atoms. The molecule has 7 heteroatoms. The van der Waals surface area contributed by atoms with E-state index >= 15 is 0 Å². The van der Waals surface area contributed by atoms with E-state index in [0.29, 0.717) is 29.7 Å². The van der Waals surface area contributed by atoms with Crippen LogP contribution in [0.4, 0.5) is 5.13 Å². The Bertz CT molecular complexity index is 882. The van der Waals surface area contributed by atoms with Crippen molar-refractivity contribution in [1.29, 1.82) is 0 Å². The zero-order valence-corrected chi connectivity index (χ0v) is 17.0. The van der Waals surface area contributed by atoms with E-state index in [2.05, 4.69) is 10.3 Å². The molecule has 138 valence electrons. The second-order valence-electron chi connectivity index (χ2n) is 5.26. The molecule has 2 aromatic carbocycles. The summed E-state index contributed by atoms with van der Waals surface area (Å²) in [4.78, 5) is 17.1. The van der Waals surface area contributed by atoms with Gasteiger partial charge in [-0.3, -0.25) is 4.79 Å². The summed E-state index contributed by atoms with van der Waals surface area (Å²) in [5, 5.41) is 3.82. The maximum atomic E-state index is 12.5. The highest BCUT2D eigenvalue weighted by Crippen LogP contribution is 2.32. The van der Waals surface area contributed by atoms with E-state index in [9.17, 15) is 4.79 Å². The quantitative estimate of drug-likeness (QED) is 0.541. The molecule has 5 nitrogen and oxygen atoms in total. The van der Waals surface area contributed by atoms with Crippen molar-refractivity contribution in [3.63, 3.8) is 0 Å². The molecular weight excluding hydrogens is 416 g/mol. The number of rotatable bonds is 8. The highest BCUT2D eigenvalue weighted by Gasteiger charge is 2.14. The van der Waals surface area contributed by atoms with Crippen molar-refractivity contribution in [2.24, 2.45) is 0 Å². The van der Waals surface area contributed by atoms with Crippen LogP contribution in [0.15, 0.2) is 42.5 Å². The zero-order valence-electron chi connectivity index (χ0n) is 14.6. The zero-order chi connectivity index (χ0) is 17.6. The van der Waals surface area contributed by atoms with Gasteiger partial charge in [0.05, 0.1) is 30.0 Å². The first-order valence-corrected chi connectivity index (χ1v) is 9.05. The summed E-state index contributed by atoms with van der Waals surface area (Å²) in [5.74, 6) is 1.34. The van der Waals surface area contributed by atoms with Crippen molar-refractivity contribution in [3.8, 4) is 11.5 Å². The lowest BCUT2D eigenvalue weighted by molar-refractivity contribution is -0.0000140. The Morgan fingerprint density at radius 2 is 1.73 bits per heavy atom. The molecular formula is C19H20BrN2O3S-. The van der Waals surface area contributed by atoms with Crippen molar-refractivity contribution in [3.05, 3.63) is 48.0 Å². The minimum Gasteiger partial charge on any atom is -1.00 e. The summed E-state index contributed by atoms with van der Waals surface area (Å²) in [5.41, 5.74) is 1.40. The Morgan fingerprint density at radius 3 is 2.50 bits per heavy atom. The van der Waals surface area contributed by atoms with Crippen LogP contribution in [0.5, 0.6) is 11.5 Å². The van der Waals surface area contributed by atoms with Crippen LogP contribution in [0.2, 0.25) is 0 Å². The van der Waals surface area contributed by atoms with E-state index in [1.165, 1.54) is 11.3 Å². The first-order chi connectivity index (χ1) is 12.2. The largest absolute Gasteiger partial charge is 1.00 e. The molecule has 0 unspecified atom stereocenters. The topological polar surface area (TPSA) is 60.5 Å². The lowest BCUT2D eigenvalue weighted by Crippen LogP contribution is -3.00. The van der Waals surface area contributed by atoms with Crippen molar-refractivity contribution in [1.82, 2.24) is 4.98 Å². The van der Waals surface area contributed by atoms with Crippen LogP contribution in [-0.2, 0) is 0 Å². The third kappa shape index (κ3) is 4.53. The first-order valence-electron chi connectivity index (χ1n) is 8.24. The van der Waals surface area contributed by atoms with Crippen molar-refractivity contribution < 1.29 is 31.2 Å². The summed E-state index contributed by atoms with van der Waals surface area (Å²) in [7, 11) is 0. The molecule has 1 heterocycles. The van der Waals surface area contributed by atoms with Gasteiger partial charge in [0.2, 0.25) is 0 Å². The van der Waals surface area contributed by atoms with Crippen molar-refractivity contribution in [2.75, 3.05) is 25.1 Å². The number of aromatic nitrogens is 1. The van der Waals surface area contributed by atoms with Gasteiger partial charge < -0.3 is 31.8 Å². The number of ether oxygens (including phenoxy) is 2. The normalized spacial score (nSPS) is 10.2. The van der Waals surface area contributed by atoms with E-state index in [1.807, 2.05) is 50.2 Å². The predicted molar refractivity (Wildman–Crippen MR) is 101 cm³/mol. The second kappa shape index (κ2) is 9.54. The van der Waals surface area contributed by atoms with Crippen LogP contribution < -0.4 is 31.8 Å². The third-order valence-electron chi connectivity index (χ3n) is 3.57. The van der Waals surface area contributed by atoms with Gasteiger partial charge in [-0.2, -0.15) is 0 Å². The summed E-state index contributed by atoms with van der Waals surface area (Å²) < 4.78 is 12.1.